The van der Waals surface area contributed by atoms with Crippen LogP contribution in [0.5, 0.6) is 5.75 Å². The van der Waals surface area contributed by atoms with Gasteiger partial charge in [0.05, 0.1) is 7.11 Å². The van der Waals surface area contributed by atoms with Crippen LogP contribution in [0.15, 0.2) is 47.4 Å². The molecule has 2 N–H and O–H groups in total. The van der Waals surface area contributed by atoms with Crippen molar-refractivity contribution in [3.8, 4) is 5.75 Å². The lowest BCUT2D eigenvalue weighted by molar-refractivity contribution is 0.0659. The third-order valence-corrected chi connectivity index (χ3v) is 6.94. The summed E-state index contributed by atoms with van der Waals surface area (Å²) in [5.41, 5.74) is 0.508. The van der Waals surface area contributed by atoms with Crippen LogP contribution in [0.25, 0.3) is 0 Å². The van der Waals surface area contributed by atoms with Gasteiger partial charge in [0.25, 0.3) is 0 Å². The summed E-state index contributed by atoms with van der Waals surface area (Å²) < 4.78 is 33.0. The molecule has 134 valence electrons. The third kappa shape index (κ3) is 3.80. The minimum absolute atomic E-state index is 0.0529. The van der Waals surface area contributed by atoms with Crippen molar-refractivity contribution in [2.24, 2.45) is 0 Å². The lowest BCUT2D eigenvalue weighted by Gasteiger charge is -2.34. The average molecular weight is 400 g/mol. The van der Waals surface area contributed by atoms with E-state index in [9.17, 15) is 13.5 Å². The van der Waals surface area contributed by atoms with Crippen LogP contribution in [-0.2, 0) is 21.4 Å². The van der Waals surface area contributed by atoms with Gasteiger partial charge in [0.15, 0.2) is 0 Å². The Bertz CT molecular complexity index is 888. The second kappa shape index (κ2) is 7.17. The minimum atomic E-state index is -3.89. The zero-order chi connectivity index (χ0) is 18.1. The molecule has 0 spiro atoms. The molecule has 1 atom stereocenters. The number of hydrogen-bond acceptors (Lipinski definition) is 5. The van der Waals surface area contributed by atoms with Gasteiger partial charge in [-0.2, -0.15) is 11.8 Å². The number of nitrogens with one attached hydrogen (secondary N) is 1. The Kier molecular flexibility index (Phi) is 5.31. The minimum Gasteiger partial charge on any atom is -0.495 e. The second-order valence-electron chi connectivity index (χ2n) is 5.80. The van der Waals surface area contributed by atoms with Gasteiger partial charge >= 0.3 is 0 Å². The maximum atomic E-state index is 12.7. The van der Waals surface area contributed by atoms with Crippen molar-refractivity contribution in [3.63, 3.8) is 0 Å². The molecule has 5 nitrogen and oxygen atoms in total. The van der Waals surface area contributed by atoms with Crippen molar-refractivity contribution in [2.45, 2.75) is 16.2 Å². The van der Waals surface area contributed by atoms with Gasteiger partial charge in [0.1, 0.15) is 16.2 Å². The van der Waals surface area contributed by atoms with Crippen LogP contribution in [0.3, 0.4) is 0 Å². The number of rotatable bonds is 5. The molecule has 2 aromatic rings. The average Bonchev–Trinajstić information content (AvgIpc) is 2.61. The van der Waals surface area contributed by atoms with Crippen LogP contribution in [0, 0.1) is 0 Å². The summed E-state index contributed by atoms with van der Waals surface area (Å²) in [6.45, 7) is -0.130. The van der Waals surface area contributed by atoms with E-state index in [1.807, 2.05) is 24.3 Å². The van der Waals surface area contributed by atoms with Crippen molar-refractivity contribution in [2.75, 3.05) is 19.4 Å². The highest BCUT2D eigenvalue weighted by atomic mass is 35.5. The summed E-state index contributed by atoms with van der Waals surface area (Å²) in [6, 6.07) is 11.9. The molecule has 25 heavy (non-hydrogen) atoms. The molecule has 8 heteroatoms. The maximum Gasteiger partial charge on any atom is 0.244 e. The van der Waals surface area contributed by atoms with Gasteiger partial charge in [0.2, 0.25) is 10.0 Å². The molecule has 1 heterocycles. The van der Waals surface area contributed by atoms with Gasteiger partial charge in [-0.3, -0.25) is 0 Å². The van der Waals surface area contributed by atoms with Gasteiger partial charge in [-0.1, -0.05) is 35.9 Å². The largest absolute Gasteiger partial charge is 0.495 e. The highest BCUT2D eigenvalue weighted by molar-refractivity contribution is 7.98. The second-order valence-corrected chi connectivity index (χ2v) is 8.96. The highest BCUT2D eigenvalue weighted by Gasteiger charge is 2.36. The molecule has 0 fully saturated rings. The van der Waals surface area contributed by atoms with E-state index in [0.29, 0.717) is 10.8 Å². The molecule has 0 aromatic heterocycles. The molecule has 1 aliphatic rings. The van der Waals surface area contributed by atoms with E-state index in [4.69, 9.17) is 16.3 Å². The number of sulfonamides is 1. The van der Waals surface area contributed by atoms with Crippen LogP contribution in [-0.4, -0.2) is 32.9 Å². The molecule has 1 aliphatic heterocycles. The van der Waals surface area contributed by atoms with Crippen LogP contribution in [0.4, 0.5) is 0 Å². The summed E-state index contributed by atoms with van der Waals surface area (Å²) in [7, 11) is -2.50. The molecule has 0 bridgehead atoms. The Morgan fingerprint density at radius 1 is 1.32 bits per heavy atom. The normalized spacial score (nSPS) is 20.1. The van der Waals surface area contributed by atoms with Crippen molar-refractivity contribution in [1.82, 2.24) is 4.72 Å². The molecule has 0 saturated heterocycles. The lowest BCUT2D eigenvalue weighted by Crippen LogP contribution is -2.44. The zero-order valence-electron chi connectivity index (χ0n) is 13.5. The van der Waals surface area contributed by atoms with Gasteiger partial charge < -0.3 is 9.84 Å². The summed E-state index contributed by atoms with van der Waals surface area (Å²) in [5, 5.41) is 11.3. The maximum absolute atomic E-state index is 12.7. The first kappa shape index (κ1) is 18.5. The molecule has 2 aromatic carbocycles. The number of thioether (sulfide) groups is 1. The van der Waals surface area contributed by atoms with Crippen LogP contribution >= 0.6 is 23.4 Å². The number of halogens is 1. The van der Waals surface area contributed by atoms with Crippen molar-refractivity contribution < 1.29 is 18.3 Å². The van der Waals surface area contributed by atoms with E-state index >= 15 is 0 Å². The Labute approximate surface area is 156 Å². The Morgan fingerprint density at radius 2 is 2.08 bits per heavy atom. The predicted octanol–water partition coefficient (Wildman–Crippen LogP) is 2.76. The van der Waals surface area contributed by atoms with Crippen molar-refractivity contribution in [3.05, 3.63) is 58.6 Å². The number of benzene rings is 2. The quantitative estimate of drug-likeness (QED) is 0.808. The van der Waals surface area contributed by atoms with Gasteiger partial charge in [-0.15, -0.1) is 0 Å². The van der Waals surface area contributed by atoms with Gasteiger partial charge in [-0.25, -0.2) is 13.1 Å². The Hall–Kier alpha value is -1.25. The van der Waals surface area contributed by atoms with E-state index in [2.05, 4.69) is 4.72 Å². The fourth-order valence-electron chi connectivity index (χ4n) is 2.81. The molecule has 0 aliphatic carbocycles. The first-order valence-corrected chi connectivity index (χ1v) is 10.6. The fourth-order valence-corrected chi connectivity index (χ4v) is 5.50. The molecule has 0 amide bonds. The van der Waals surface area contributed by atoms with Crippen molar-refractivity contribution >= 4 is 33.4 Å². The Balaban J connectivity index is 1.88. The van der Waals surface area contributed by atoms with E-state index < -0.39 is 15.6 Å². The predicted molar refractivity (Wildman–Crippen MR) is 99.7 cm³/mol. The van der Waals surface area contributed by atoms with E-state index in [1.165, 1.54) is 19.2 Å². The third-order valence-electron chi connectivity index (χ3n) is 4.09. The summed E-state index contributed by atoms with van der Waals surface area (Å²) in [5.74, 6) is 1.41. The number of hydrogen-bond donors (Lipinski definition) is 2. The van der Waals surface area contributed by atoms with Gasteiger partial charge in [-0.05, 0) is 29.3 Å². The SMILES string of the molecule is COc1ccc(Cl)cc1S(=O)(=O)NCC1(O)CSCc2ccccc21. The first-order chi connectivity index (χ1) is 11.9. The smallest absolute Gasteiger partial charge is 0.244 e. The summed E-state index contributed by atoms with van der Waals surface area (Å²) >= 11 is 7.49. The van der Waals surface area contributed by atoms with E-state index in [0.717, 1.165) is 16.9 Å². The molecule has 1 unspecified atom stereocenters. The monoisotopic (exact) mass is 399 g/mol. The summed E-state index contributed by atoms with van der Waals surface area (Å²) in [4.78, 5) is -0.0529. The highest BCUT2D eigenvalue weighted by Crippen LogP contribution is 2.36. The molecule has 0 saturated carbocycles. The van der Waals surface area contributed by atoms with Gasteiger partial charge in [0, 0.05) is 23.1 Å². The van der Waals surface area contributed by atoms with Crippen molar-refractivity contribution in [1.29, 1.82) is 0 Å². The summed E-state index contributed by atoms with van der Waals surface area (Å²) in [6.07, 6.45) is 0. The number of ether oxygens (including phenoxy) is 1. The zero-order valence-corrected chi connectivity index (χ0v) is 15.9. The van der Waals surface area contributed by atoms with E-state index in [-0.39, 0.29) is 17.2 Å². The number of aliphatic hydroxyl groups is 1. The van der Waals surface area contributed by atoms with Crippen LogP contribution < -0.4 is 9.46 Å². The van der Waals surface area contributed by atoms with Crippen LogP contribution in [0.2, 0.25) is 5.02 Å². The standard InChI is InChI=1S/C17H18ClNO4S2/c1-23-15-7-6-13(18)8-16(15)25(21,22)19-10-17(20)11-24-9-12-4-2-3-5-14(12)17/h2-8,19-20H,9-11H2,1H3. The topological polar surface area (TPSA) is 75.6 Å². The molecule has 3 rings (SSSR count). The van der Waals surface area contributed by atoms with E-state index in [1.54, 1.807) is 17.8 Å². The fraction of sp³-hybridized carbons (Fsp3) is 0.294. The molecular weight excluding hydrogens is 382 g/mol. The number of methoxy groups -OCH3 is 1. The molecule has 0 radical (unpaired) electrons. The number of fused-ring (bicyclic) bond motifs is 1. The Morgan fingerprint density at radius 3 is 2.84 bits per heavy atom. The first-order valence-electron chi connectivity index (χ1n) is 7.57. The lowest BCUT2D eigenvalue weighted by atomic mass is 9.91. The van der Waals surface area contributed by atoms with Crippen LogP contribution in [0.1, 0.15) is 11.1 Å². The molecular formula is C17H18ClNO4S2.